The molecule has 0 aliphatic heterocycles. The number of nitrogens with one attached hydrogen (secondary N) is 4. The van der Waals surface area contributed by atoms with Crippen LogP contribution >= 0.6 is 11.8 Å². The molecular formula is C27H42N4O6S. The zero-order chi connectivity index (χ0) is 28.7. The summed E-state index contributed by atoms with van der Waals surface area (Å²) in [6, 6.07) is 5.19. The van der Waals surface area contributed by atoms with Crippen LogP contribution < -0.4 is 21.3 Å². The highest BCUT2D eigenvalue weighted by molar-refractivity contribution is 7.98. The second-order valence-corrected chi connectivity index (χ2v) is 10.8. The van der Waals surface area contributed by atoms with Gasteiger partial charge in [0.2, 0.25) is 24.1 Å². The van der Waals surface area contributed by atoms with E-state index in [4.69, 9.17) is 0 Å². The number of carbonyl (C=O) groups is 5. The van der Waals surface area contributed by atoms with Gasteiger partial charge in [-0.25, -0.2) is 4.79 Å². The van der Waals surface area contributed by atoms with E-state index in [1.807, 2.05) is 57.4 Å². The molecule has 0 radical (unpaired) electrons. The van der Waals surface area contributed by atoms with Gasteiger partial charge < -0.3 is 26.4 Å². The van der Waals surface area contributed by atoms with Crippen molar-refractivity contribution in [2.75, 3.05) is 12.0 Å². The summed E-state index contributed by atoms with van der Waals surface area (Å²) in [5.74, 6) is -2.45. The summed E-state index contributed by atoms with van der Waals surface area (Å²) in [6.45, 7) is 7.38. The van der Waals surface area contributed by atoms with Crippen LogP contribution in [0.25, 0.3) is 0 Å². The molecule has 1 aromatic rings. The van der Waals surface area contributed by atoms with Crippen molar-refractivity contribution in [2.45, 2.75) is 77.5 Å². The molecule has 11 heteroatoms. The minimum Gasteiger partial charge on any atom is -0.480 e. The summed E-state index contributed by atoms with van der Waals surface area (Å²) in [5.41, 5.74) is 0.796. The number of aliphatic carboxylic acids is 1. The van der Waals surface area contributed by atoms with Crippen LogP contribution in [0, 0.1) is 11.8 Å². The monoisotopic (exact) mass is 550 g/mol. The molecule has 1 aromatic carbocycles. The lowest BCUT2D eigenvalue weighted by molar-refractivity contribution is -0.143. The second kappa shape index (κ2) is 17.4. The Morgan fingerprint density at radius 1 is 0.921 bits per heavy atom. The Morgan fingerprint density at radius 2 is 1.53 bits per heavy atom. The lowest BCUT2D eigenvalue weighted by Crippen LogP contribution is -2.59. The van der Waals surface area contributed by atoms with E-state index in [0.717, 1.165) is 5.56 Å². The van der Waals surface area contributed by atoms with Gasteiger partial charge in [0.1, 0.15) is 24.2 Å². The molecule has 4 amide bonds. The van der Waals surface area contributed by atoms with Gasteiger partial charge in [0.25, 0.3) is 0 Å². The molecule has 0 bridgehead atoms. The highest BCUT2D eigenvalue weighted by Crippen LogP contribution is 2.12. The summed E-state index contributed by atoms with van der Waals surface area (Å²) in [7, 11) is 0. The lowest BCUT2D eigenvalue weighted by atomic mass is 9.96. The molecule has 0 saturated carbocycles. The fraction of sp³-hybridized carbons (Fsp3) is 0.593. The van der Waals surface area contributed by atoms with Gasteiger partial charge in [-0.15, -0.1) is 0 Å². The summed E-state index contributed by atoms with van der Waals surface area (Å²) in [6.07, 6.45) is 3.68. The molecular weight excluding hydrogens is 508 g/mol. The van der Waals surface area contributed by atoms with E-state index in [-0.39, 0.29) is 24.7 Å². The molecule has 0 heterocycles. The predicted molar refractivity (Wildman–Crippen MR) is 148 cm³/mol. The topological polar surface area (TPSA) is 154 Å². The standard InChI is InChI=1S/C27H42N4O6S/c1-6-18(4)23(26(35)30-22(27(36)37)14-17(2)3)31-25(34)21(15-19-10-8-7-9-11-19)29-24(33)20(28-16-32)12-13-38-5/h7-11,16-18,20-23H,6,12-15H2,1-5H3,(H,28,32)(H,29,33)(H,30,35)(H,31,34)(H,36,37). The van der Waals surface area contributed by atoms with Gasteiger partial charge in [-0.1, -0.05) is 64.4 Å². The fourth-order valence-corrected chi connectivity index (χ4v) is 4.32. The summed E-state index contributed by atoms with van der Waals surface area (Å²) >= 11 is 1.53. The van der Waals surface area contributed by atoms with Gasteiger partial charge in [-0.3, -0.25) is 19.2 Å². The normalized spacial score (nSPS) is 14.9. The van der Waals surface area contributed by atoms with E-state index in [1.54, 1.807) is 6.92 Å². The van der Waals surface area contributed by atoms with E-state index in [2.05, 4.69) is 21.3 Å². The third-order valence-electron chi connectivity index (χ3n) is 6.23. The van der Waals surface area contributed by atoms with Crippen LogP contribution in [0.3, 0.4) is 0 Å². The van der Waals surface area contributed by atoms with Gasteiger partial charge in [-0.05, 0) is 42.2 Å². The number of benzene rings is 1. The van der Waals surface area contributed by atoms with E-state index in [9.17, 15) is 29.1 Å². The third-order valence-corrected chi connectivity index (χ3v) is 6.87. The zero-order valence-corrected chi connectivity index (χ0v) is 23.7. The average molecular weight is 551 g/mol. The van der Waals surface area contributed by atoms with Crippen molar-refractivity contribution in [3.05, 3.63) is 35.9 Å². The van der Waals surface area contributed by atoms with Crippen molar-refractivity contribution in [2.24, 2.45) is 11.8 Å². The maximum atomic E-state index is 13.5. The number of thioether (sulfide) groups is 1. The predicted octanol–water partition coefficient (Wildman–Crippen LogP) is 1.73. The number of amides is 4. The Bertz CT molecular complexity index is 914. The van der Waals surface area contributed by atoms with Gasteiger partial charge >= 0.3 is 5.97 Å². The van der Waals surface area contributed by atoms with Crippen molar-refractivity contribution in [1.82, 2.24) is 21.3 Å². The number of carboxylic acid groups (broad SMARTS) is 1. The maximum absolute atomic E-state index is 13.5. The van der Waals surface area contributed by atoms with E-state index < -0.39 is 47.9 Å². The molecule has 5 atom stereocenters. The fourth-order valence-electron chi connectivity index (χ4n) is 3.85. The second-order valence-electron chi connectivity index (χ2n) is 9.77. The molecule has 5 N–H and O–H groups in total. The van der Waals surface area contributed by atoms with Crippen LogP contribution in [0.5, 0.6) is 0 Å². The first-order valence-electron chi connectivity index (χ1n) is 12.9. The highest BCUT2D eigenvalue weighted by Gasteiger charge is 2.33. The van der Waals surface area contributed by atoms with E-state index >= 15 is 0 Å². The molecule has 0 aliphatic rings. The Hall–Kier alpha value is -3.08. The largest absolute Gasteiger partial charge is 0.480 e. The molecule has 212 valence electrons. The Labute approximate surface area is 229 Å². The summed E-state index contributed by atoms with van der Waals surface area (Å²) in [4.78, 5) is 62.4. The van der Waals surface area contributed by atoms with Crippen molar-refractivity contribution >= 4 is 41.9 Å². The van der Waals surface area contributed by atoms with Crippen molar-refractivity contribution in [3.63, 3.8) is 0 Å². The van der Waals surface area contributed by atoms with Crippen LogP contribution in [0.15, 0.2) is 30.3 Å². The summed E-state index contributed by atoms with van der Waals surface area (Å²) in [5, 5.41) is 20.1. The first-order chi connectivity index (χ1) is 18.0. The quantitative estimate of drug-likeness (QED) is 0.174. The first-order valence-corrected chi connectivity index (χ1v) is 14.3. The molecule has 0 saturated heterocycles. The highest BCUT2D eigenvalue weighted by atomic mass is 32.2. The van der Waals surface area contributed by atoms with Crippen molar-refractivity contribution in [3.8, 4) is 0 Å². The molecule has 0 fully saturated rings. The number of carbonyl (C=O) groups excluding carboxylic acids is 4. The molecule has 0 aromatic heterocycles. The van der Waals surface area contributed by atoms with Crippen molar-refractivity contribution in [1.29, 1.82) is 0 Å². The zero-order valence-electron chi connectivity index (χ0n) is 22.9. The van der Waals surface area contributed by atoms with Crippen LogP contribution in [-0.2, 0) is 30.4 Å². The maximum Gasteiger partial charge on any atom is 0.326 e. The molecule has 0 spiro atoms. The molecule has 5 unspecified atom stereocenters. The number of carboxylic acids is 1. The summed E-state index contributed by atoms with van der Waals surface area (Å²) < 4.78 is 0. The Kier molecular flexibility index (Phi) is 15.1. The van der Waals surface area contributed by atoms with Crippen molar-refractivity contribution < 1.29 is 29.1 Å². The smallest absolute Gasteiger partial charge is 0.326 e. The number of hydrogen-bond donors (Lipinski definition) is 5. The van der Waals surface area contributed by atoms with Gasteiger partial charge in [0.05, 0.1) is 0 Å². The molecule has 1 rings (SSSR count). The SMILES string of the molecule is CCC(C)C(NC(=O)C(Cc1ccccc1)NC(=O)C(CCSC)NC=O)C(=O)NC(CC(C)C)C(=O)O. The van der Waals surface area contributed by atoms with Gasteiger partial charge in [-0.2, -0.15) is 11.8 Å². The average Bonchev–Trinajstić information content (AvgIpc) is 2.88. The first kappa shape index (κ1) is 32.9. The minimum absolute atomic E-state index is 0.0394. The Balaban J connectivity index is 3.18. The molecule has 0 aliphatic carbocycles. The van der Waals surface area contributed by atoms with Crippen LogP contribution in [-0.4, -0.2) is 71.4 Å². The van der Waals surface area contributed by atoms with Crippen LogP contribution in [0.2, 0.25) is 0 Å². The Morgan fingerprint density at radius 3 is 2.05 bits per heavy atom. The van der Waals surface area contributed by atoms with Crippen LogP contribution in [0.1, 0.15) is 52.5 Å². The number of hydrogen-bond acceptors (Lipinski definition) is 6. The van der Waals surface area contributed by atoms with Gasteiger partial charge in [0.15, 0.2) is 0 Å². The van der Waals surface area contributed by atoms with E-state index in [0.29, 0.717) is 25.0 Å². The van der Waals surface area contributed by atoms with Gasteiger partial charge in [0, 0.05) is 6.42 Å². The van der Waals surface area contributed by atoms with Crippen LogP contribution in [0.4, 0.5) is 0 Å². The third kappa shape index (κ3) is 11.5. The lowest BCUT2D eigenvalue weighted by Gasteiger charge is -2.28. The van der Waals surface area contributed by atoms with E-state index in [1.165, 1.54) is 11.8 Å². The molecule has 10 nitrogen and oxygen atoms in total. The number of rotatable bonds is 18. The minimum atomic E-state index is -1.14. The molecule has 38 heavy (non-hydrogen) atoms.